The quantitative estimate of drug-likeness (QED) is 0.377. The molecule has 0 saturated carbocycles. The molecular weight excluding hydrogens is 336 g/mol. The molecule has 2 N–H and O–H groups in total. The number of nitrogens with two attached hydrogens (primary N) is 1. The van der Waals surface area contributed by atoms with Crippen LogP contribution in [0, 0.1) is 0 Å². The molecule has 25 heavy (non-hydrogen) atoms. The molecule has 1 aromatic heterocycles. The Morgan fingerprint density at radius 2 is 1.92 bits per heavy atom. The van der Waals surface area contributed by atoms with Crippen LogP contribution in [0.15, 0.2) is 36.4 Å². The van der Waals surface area contributed by atoms with E-state index in [0.29, 0.717) is 29.3 Å². The van der Waals surface area contributed by atoms with E-state index in [0.717, 1.165) is 41.1 Å². The van der Waals surface area contributed by atoms with Gasteiger partial charge in [0.05, 0.1) is 18.1 Å². The molecule has 0 fully saturated rings. The fourth-order valence-electron chi connectivity index (χ4n) is 3.06. The monoisotopic (exact) mass is 356 g/mol. The van der Waals surface area contributed by atoms with Gasteiger partial charge >= 0.3 is 0 Å². The number of carbonyl (C=O) groups excluding carboxylic acids is 1. The Kier molecular flexibility index (Phi) is 5.51. The van der Waals surface area contributed by atoms with Gasteiger partial charge in [-0.15, -0.1) is 0 Å². The summed E-state index contributed by atoms with van der Waals surface area (Å²) in [4.78, 5) is 17.6. The Labute approximate surface area is 151 Å². The maximum Gasteiger partial charge on any atom is 0.164 e. The predicted octanol–water partition coefficient (Wildman–Crippen LogP) is 4.75. The molecular formula is C20H21ClN2O2. The maximum atomic E-state index is 13.0. The zero-order chi connectivity index (χ0) is 17.8. The second kappa shape index (κ2) is 7.81. The third-order valence-corrected chi connectivity index (χ3v) is 4.56. The number of fused-ring (bicyclic) bond motifs is 2. The van der Waals surface area contributed by atoms with Crippen LogP contribution >= 0.6 is 11.6 Å². The zero-order valence-electron chi connectivity index (χ0n) is 14.2. The average molecular weight is 357 g/mol. The van der Waals surface area contributed by atoms with Gasteiger partial charge in [-0.25, -0.2) is 4.98 Å². The first-order valence-corrected chi connectivity index (χ1v) is 8.82. The smallest absolute Gasteiger partial charge is 0.164 e. The van der Waals surface area contributed by atoms with E-state index < -0.39 is 0 Å². The number of ether oxygens (including phenoxy) is 1. The van der Waals surface area contributed by atoms with Crippen molar-refractivity contribution >= 4 is 39.2 Å². The topological polar surface area (TPSA) is 65.2 Å². The van der Waals surface area contributed by atoms with Gasteiger partial charge in [0.1, 0.15) is 5.75 Å². The normalized spacial score (nSPS) is 11.2. The van der Waals surface area contributed by atoms with Crippen LogP contribution < -0.4 is 10.5 Å². The molecule has 0 saturated heterocycles. The molecule has 0 aliphatic rings. The number of pyridine rings is 1. The lowest BCUT2D eigenvalue weighted by molar-refractivity contribution is 0.0982. The van der Waals surface area contributed by atoms with E-state index in [2.05, 4.69) is 4.98 Å². The number of halogens is 1. The number of hydrogen-bond acceptors (Lipinski definition) is 4. The summed E-state index contributed by atoms with van der Waals surface area (Å²) in [6, 6.07) is 11.1. The highest BCUT2D eigenvalue weighted by Gasteiger charge is 2.16. The third kappa shape index (κ3) is 3.75. The van der Waals surface area contributed by atoms with Gasteiger partial charge in [-0.2, -0.15) is 0 Å². The number of methoxy groups -OCH3 is 1. The first kappa shape index (κ1) is 17.6. The Morgan fingerprint density at radius 3 is 2.68 bits per heavy atom. The number of rotatable bonds is 7. The highest BCUT2D eigenvalue weighted by molar-refractivity contribution is 6.31. The number of Topliss-reactive ketones (excluding diaryl/α,β-unsaturated/α-hetero) is 1. The van der Waals surface area contributed by atoms with Crippen LogP contribution in [0.25, 0.3) is 21.8 Å². The van der Waals surface area contributed by atoms with Crippen molar-refractivity contribution in [2.75, 3.05) is 13.7 Å². The molecule has 0 radical (unpaired) electrons. The van der Waals surface area contributed by atoms with Crippen LogP contribution in [0.3, 0.4) is 0 Å². The number of ketones is 1. The van der Waals surface area contributed by atoms with E-state index in [-0.39, 0.29) is 5.78 Å². The van der Waals surface area contributed by atoms with Crippen LogP contribution in [0.4, 0.5) is 0 Å². The molecule has 0 unspecified atom stereocenters. The van der Waals surface area contributed by atoms with E-state index in [4.69, 9.17) is 22.1 Å². The van der Waals surface area contributed by atoms with Gasteiger partial charge in [-0.3, -0.25) is 4.79 Å². The molecule has 0 spiro atoms. The van der Waals surface area contributed by atoms with Gasteiger partial charge < -0.3 is 10.5 Å². The van der Waals surface area contributed by atoms with Crippen molar-refractivity contribution < 1.29 is 9.53 Å². The van der Waals surface area contributed by atoms with Crippen LogP contribution in [0.1, 0.15) is 36.0 Å². The molecule has 130 valence electrons. The summed E-state index contributed by atoms with van der Waals surface area (Å²) < 4.78 is 5.33. The lowest BCUT2D eigenvalue weighted by atomic mass is 9.96. The SMILES string of the molecule is COc1ccc2nc3cc(Cl)ccc3c(C(=O)CCCCCN)c2c1. The summed E-state index contributed by atoms with van der Waals surface area (Å²) in [7, 11) is 1.61. The summed E-state index contributed by atoms with van der Waals surface area (Å²) in [5.41, 5.74) is 7.73. The summed E-state index contributed by atoms with van der Waals surface area (Å²) in [6.07, 6.45) is 3.22. The number of unbranched alkanes of at least 4 members (excludes halogenated alkanes) is 2. The second-order valence-electron chi connectivity index (χ2n) is 6.05. The average Bonchev–Trinajstić information content (AvgIpc) is 2.62. The van der Waals surface area contributed by atoms with Crippen LogP contribution in [-0.2, 0) is 0 Å². The maximum absolute atomic E-state index is 13.0. The fourth-order valence-corrected chi connectivity index (χ4v) is 3.22. The third-order valence-electron chi connectivity index (χ3n) is 4.33. The standard InChI is InChI=1S/C20H21ClN2O2/c1-25-14-7-9-17-16(12-14)20(19(24)5-3-2-4-10-22)15-8-6-13(21)11-18(15)23-17/h6-9,11-12H,2-5,10,22H2,1H3. The minimum Gasteiger partial charge on any atom is -0.497 e. The molecule has 0 bridgehead atoms. The molecule has 1 heterocycles. The van der Waals surface area contributed by atoms with Crippen molar-refractivity contribution in [1.29, 1.82) is 0 Å². The molecule has 0 atom stereocenters. The largest absolute Gasteiger partial charge is 0.497 e. The van der Waals surface area contributed by atoms with Crippen LogP contribution in [-0.4, -0.2) is 24.4 Å². The summed E-state index contributed by atoms with van der Waals surface area (Å²) in [6.45, 7) is 0.658. The van der Waals surface area contributed by atoms with Crippen molar-refractivity contribution in [3.63, 3.8) is 0 Å². The van der Waals surface area contributed by atoms with Crippen molar-refractivity contribution in [2.24, 2.45) is 5.73 Å². The summed E-state index contributed by atoms with van der Waals surface area (Å²) in [5, 5.41) is 2.25. The minimum atomic E-state index is 0.116. The number of nitrogens with zero attached hydrogens (tertiary/aromatic N) is 1. The van der Waals surface area contributed by atoms with Crippen molar-refractivity contribution in [1.82, 2.24) is 4.98 Å². The van der Waals surface area contributed by atoms with Gasteiger partial charge in [0.15, 0.2) is 5.78 Å². The number of benzene rings is 2. The fraction of sp³-hybridized carbons (Fsp3) is 0.300. The molecule has 3 rings (SSSR count). The van der Waals surface area contributed by atoms with E-state index in [1.165, 1.54) is 0 Å². The lowest BCUT2D eigenvalue weighted by Gasteiger charge is -2.11. The second-order valence-corrected chi connectivity index (χ2v) is 6.49. The van der Waals surface area contributed by atoms with Gasteiger partial charge in [0.25, 0.3) is 0 Å². The Balaban J connectivity index is 2.14. The Hall–Kier alpha value is -2.17. The highest BCUT2D eigenvalue weighted by Crippen LogP contribution is 2.31. The summed E-state index contributed by atoms with van der Waals surface area (Å²) in [5.74, 6) is 0.824. The number of carbonyl (C=O) groups is 1. The number of aromatic nitrogens is 1. The zero-order valence-corrected chi connectivity index (χ0v) is 15.0. The highest BCUT2D eigenvalue weighted by atomic mass is 35.5. The first-order valence-electron chi connectivity index (χ1n) is 8.44. The molecule has 0 amide bonds. The minimum absolute atomic E-state index is 0.116. The lowest BCUT2D eigenvalue weighted by Crippen LogP contribution is -2.04. The molecule has 0 aliphatic carbocycles. The van der Waals surface area contributed by atoms with Crippen molar-refractivity contribution in [3.05, 3.63) is 47.0 Å². The van der Waals surface area contributed by atoms with Gasteiger partial charge in [0, 0.05) is 27.8 Å². The van der Waals surface area contributed by atoms with Gasteiger partial charge in [-0.1, -0.05) is 24.1 Å². The summed E-state index contributed by atoms with van der Waals surface area (Å²) >= 11 is 6.11. The molecule has 3 aromatic rings. The van der Waals surface area contributed by atoms with E-state index in [1.807, 2.05) is 24.3 Å². The molecule has 0 aliphatic heterocycles. The van der Waals surface area contributed by atoms with E-state index in [1.54, 1.807) is 19.2 Å². The Morgan fingerprint density at radius 1 is 1.08 bits per heavy atom. The Bertz CT molecular complexity index is 924. The van der Waals surface area contributed by atoms with E-state index >= 15 is 0 Å². The van der Waals surface area contributed by atoms with Gasteiger partial charge in [-0.05, 0) is 49.7 Å². The van der Waals surface area contributed by atoms with Crippen molar-refractivity contribution in [2.45, 2.75) is 25.7 Å². The van der Waals surface area contributed by atoms with Crippen LogP contribution in [0.5, 0.6) is 5.75 Å². The van der Waals surface area contributed by atoms with Crippen molar-refractivity contribution in [3.8, 4) is 5.75 Å². The first-order chi connectivity index (χ1) is 12.1. The predicted molar refractivity (Wildman–Crippen MR) is 103 cm³/mol. The van der Waals surface area contributed by atoms with Crippen LogP contribution in [0.2, 0.25) is 5.02 Å². The molecule has 4 nitrogen and oxygen atoms in total. The molecule has 2 aromatic carbocycles. The molecule has 5 heteroatoms. The van der Waals surface area contributed by atoms with Gasteiger partial charge in [0.2, 0.25) is 0 Å². The van der Waals surface area contributed by atoms with E-state index in [9.17, 15) is 4.79 Å². The number of hydrogen-bond donors (Lipinski definition) is 1.